The molecule has 2 heterocycles. The van der Waals surface area contributed by atoms with Gasteiger partial charge in [-0.2, -0.15) is 20.2 Å². The molecule has 2 aliphatic heterocycles. The Morgan fingerprint density at radius 3 is 1.36 bits per heavy atom. The molecule has 0 aromatic rings. The molecular weight excluding hydrogens is 464 g/mol. The molecule has 194 valence electrons. The van der Waals surface area contributed by atoms with Crippen molar-refractivity contribution in [1.29, 1.82) is 0 Å². The van der Waals surface area contributed by atoms with Gasteiger partial charge in [0, 0.05) is 38.1 Å². The molecule has 0 aromatic heterocycles. The van der Waals surface area contributed by atoms with Gasteiger partial charge in [0.1, 0.15) is 0 Å². The van der Waals surface area contributed by atoms with Crippen LogP contribution in [0.3, 0.4) is 0 Å². The summed E-state index contributed by atoms with van der Waals surface area (Å²) in [5, 5.41) is 11.1. The average Bonchev–Trinajstić information content (AvgIpc) is 3.19. The van der Waals surface area contributed by atoms with Crippen molar-refractivity contribution in [2.45, 2.75) is 79.7 Å². The average molecular weight is 499 g/mol. The zero-order valence-electron chi connectivity index (χ0n) is 22.1. The molecule has 10 nitrogen and oxygen atoms in total. The van der Waals surface area contributed by atoms with E-state index in [2.05, 4.69) is 37.9 Å². The molecule has 0 saturated heterocycles. The molecule has 6 aliphatic rings. The van der Waals surface area contributed by atoms with Crippen molar-refractivity contribution in [2.75, 3.05) is 0 Å². The summed E-state index contributed by atoms with van der Waals surface area (Å²) in [5.41, 5.74) is -1.19. The lowest BCUT2D eigenvalue weighted by atomic mass is 9.83. The fraction of sp³-hybridized carbons (Fsp3) is 0.769. The minimum atomic E-state index is -1.32. The summed E-state index contributed by atoms with van der Waals surface area (Å²) in [6.45, 7) is 14.9. The highest BCUT2D eigenvalue weighted by Crippen LogP contribution is 2.75. The number of rotatable bonds is 2. The topological polar surface area (TPSA) is 118 Å². The van der Waals surface area contributed by atoms with Gasteiger partial charge in [-0.3, -0.25) is 19.2 Å². The van der Waals surface area contributed by atoms with Crippen LogP contribution < -0.4 is 0 Å². The van der Waals surface area contributed by atoms with Gasteiger partial charge in [0.2, 0.25) is 11.4 Å². The second-order valence-corrected chi connectivity index (χ2v) is 12.9. The first-order valence-corrected chi connectivity index (χ1v) is 12.8. The number of esters is 2. The predicted octanol–water partition coefficient (Wildman–Crippen LogP) is 2.53. The molecule has 0 spiro atoms. The van der Waals surface area contributed by atoms with E-state index < -0.39 is 35.2 Å². The van der Waals surface area contributed by atoms with Crippen molar-refractivity contribution in [3.63, 3.8) is 0 Å². The Labute approximate surface area is 210 Å². The van der Waals surface area contributed by atoms with Crippen LogP contribution in [0.2, 0.25) is 0 Å². The van der Waals surface area contributed by atoms with Gasteiger partial charge in [-0.1, -0.05) is 27.7 Å². The molecule has 0 aromatic carbocycles. The van der Waals surface area contributed by atoms with Gasteiger partial charge >= 0.3 is 23.8 Å². The fourth-order valence-corrected chi connectivity index (χ4v) is 8.75. The van der Waals surface area contributed by atoms with E-state index >= 15 is 0 Å². The van der Waals surface area contributed by atoms with Crippen LogP contribution in [0.25, 0.3) is 0 Å². The number of hydrazone groups is 2. The maximum atomic E-state index is 13.9. The Kier molecular flexibility index (Phi) is 4.30. The van der Waals surface area contributed by atoms with E-state index in [0.29, 0.717) is 24.3 Å². The van der Waals surface area contributed by atoms with Crippen molar-refractivity contribution < 1.29 is 28.7 Å². The molecule has 0 unspecified atom stereocenters. The molecule has 10 heteroatoms. The van der Waals surface area contributed by atoms with E-state index in [4.69, 9.17) is 9.47 Å². The molecule has 6 rings (SSSR count). The van der Waals surface area contributed by atoms with Crippen molar-refractivity contribution in [3.05, 3.63) is 0 Å². The van der Waals surface area contributed by atoms with Gasteiger partial charge < -0.3 is 9.47 Å². The number of hydrogen-bond acceptors (Lipinski definition) is 8. The molecule has 4 saturated carbocycles. The number of hydrogen-bond donors (Lipinski definition) is 0. The quantitative estimate of drug-likeness (QED) is 0.426. The van der Waals surface area contributed by atoms with Crippen LogP contribution in [0.15, 0.2) is 10.2 Å². The van der Waals surface area contributed by atoms with Gasteiger partial charge in [0.25, 0.3) is 0 Å². The van der Waals surface area contributed by atoms with Crippen LogP contribution in [0.5, 0.6) is 0 Å². The number of carbonyl (C=O) groups is 4. The lowest BCUT2D eigenvalue weighted by molar-refractivity contribution is -0.205. The molecular formula is C26H34N4O6. The highest BCUT2D eigenvalue weighted by atomic mass is 16.6. The number of nitrogens with zero attached hydrogens (tertiary/aromatic N) is 4. The zero-order chi connectivity index (χ0) is 26.3. The van der Waals surface area contributed by atoms with E-state index in [-0.39, 0.29) is 46.3 Å². The van der Waals surface area contributed by atoms with Gasteiger partial charge in [-0.15, -0.1) is 0 Å². The van der Waals surface area contributed by atoms with Crippen LogP contribution >= 0.6 is 0 Å². The van der Waals surface area contributed by atoms with Gasteiger partial charge in [0.05, 0.1) is 11.8 Å². The maximum absolute atomic E-state index is 13.9. The summed E-state index contributed by atoms with van der Waals surface area (Å²) in [5.74, 6) is -2.52. The second kappa shape index (κ2) is 6.55. The number of fused-ring (bicyclic) bond motifs is 6. The van der Waals surface area contributed by atoms with E-state index in [1.807, 2.05) is 13.8 Å². The maximum Gasteiger partial charge on any atom is 0.337 e. The summed E-state index contributed by atoms with van der Waals surface area (Å²) in [7, 11) is 0. The van der Waals surface area contributed by atoms with Gasteiger partial charge in [-0.25, -0.2) is 0 Å². The SMILES string of the molecule is CC(=O)O[C@]12C[C@@H]3[C@@H]([C@@H]1C(C)=NN2C(=O)C(=O)N1N=C(C)[C@H]2[C@@H]4[C@@H](C[C@@]21OC(C)=O)C4(C)C)C3(C)C. The second-order valence-electron chi connectivity index (χ2n) is 12.9. The van der Waals surface area contributed by atoms with Crippen molar-refractivity contribution in [2.24, 2.45) is 56.5 Å². The lowest BCUT2D eigenvalue weighted by Gasteiger charge is -2.41. The van der Waals surface area contributed by atoms with E-state index in [9.17, 15) is 19.2 Å². The van der Waals surface area contributed by atoms with Crippen LogP contribution in [-0.4, -0.2) is 56.6 Å². The third-order valence-corrected chi connectivity index (χ3v) is 10.3. The van der Waals surface area contributed by atoms with Crippen molar-refractivity contribution >= 4 is 35.2 Å². The minimum Gasteiger partial charge on any atom is -0.436 e. The normalized spacial score (nSPS) is 43.6. The summed E-state index contributed by atoms with van der Waals surface area (Å²) >= 11 is 0. The fourth-order valence-electron chi connectivity index (χ4n) is 8.75. The van der Waals surface area contributed by atoms with E-state index in [1.54, 1.807) is 0 Å². The van der Waals surface area contributed by atoms with Crippen molar-refractivity contribution in [3.8, 4) is 0 Å². The van der Waals surface area contributed by atoms with Crippen LogP contribution in [0, 0.1) is 46.3 Å². The number of amides is 2. The standard InChI is InChI=1S/C26H34N4O6/c1-11-17-19-15(23(19,5)6)9-25(17,35-13(3)31)29(27-11)21(33)22(34)30-26(36-14(4)32)10-16-20(24(16,7)8)18(26)12(2)28-30/h15-20H,9-10H2,1-8H3/t15-,16-,17+,18+,19+,20+,25-,26-/m1/s1. The first-order valence-electron chi connectivity index (χ1n) is 12.8. The highest BCUT2D eigenvalue weighted by molar-refractivity contribution is 6.35. The first-order chi connectivity index (χ1) is 16.6. The molecule has 0 bridgehead atoms. The Morgan fingerprint density at radius 2 is 1.06 bits per heavy atom. The number of carbonyl (C=O) groups excluding carboxylic acids is 4. The molecule has 36 heavy (non-hydrogen) atoms. The molecule has 4 fully saturated rings. The first kappa shape index (κ1) is 23.6. The Hall–Kier alpha value is -2.78. The van der Waals surface area contributed by atoms with Gasteiger partial charge in [0.15, 0.2) is 0 Å². The van der Waals surface area contributed by atoms with Crippen molar-refractivity contribution in [1.82, 2.24) is 10.0 Å². The third-order valence-electron chi connectivity index (χ3n) is 10.3. The molecule has 0 N–H and O–H groups in total. The Bertz CT molecular complexity index is 1110. The third kappa shape index (κ3) is 2.58. The van der Waals surface area contributed by atoms with Crippen LogP contribution in [0.1, 0.15) is 68.2 Å². The largest absolute Gasteiger partial charge is 0.436 e. The summed E-state index contributed by atoms with van der Waals surface area (Å²) < 4.78 is 11.7. The Balaban J connectivity index is 1.35. The monoisotopic (exact) mass is 498 g/mol. The molecule has 8 atom stereocenters. The minimum absolute atomic E-state index is 0.0504. The number of ether oxygens (including phenoxy) is 2. The lowest BCUT2D eigenvalue weighted by Crippen LogP contribution is -2.60. The zero-order valence-corrected chi connectivity index (χ0v) is 22.1. The smallest absolute Gasteiger partial charge is 0.337 e. The summed E-state index contributed by atoms with van der Waals surface area (Å²) in [6.07, 6.45) is 0.847. The predicted molar refractivity (Wildman–Crippen MR) is 127 cm³/mol. The highest BCUT2D eigenvalue weighted by Gasteiger charge is 2.80. The van der Waals surface area contributed by atoms with Gasteiger partial charge in [-0.05, 0) is 48.3 Å². The van der Waals surface area contributed by atoms with E-state index in [1.165, 1.54) is 13.8 Å². The summed E-state index contributed by atoms with van der Waals surface area (Å²) in [4.78, 5) is 52.1. The van der Waals surface area contributed by atoms with Crippen LogP contribution in [-0.2, 0) is 28.7 Å². The van der Waals surface area contributed by atoms with Crippen LogP contribution in [0.4, 0.5) is 0 Å². The molecule has 0 radical (unpaired) electrons. The van der Waals surface area contributed by atoms with E-state index in [0.717, 1.165) is 10.0 Å². The Morgan fingerprint density at radius 1 is 0.722 bits per heavy atom. The molecule has 4 aliphatic carbocycles. The summed E-state index contributed by atoms with van der Waals surface area (Å²) in [6, 6.07) is 0. The molecule has 2 amide bonds.